The zero-order valence-electron chi connectivity index (χ0n) is 7.87. The van der Waals surface area contributed by atoms with Crippen molar-refractivity contribution in [1.82, 2.24) is 10.2 Å². The van der Waals surface area contributed by atoms with Gasteiger partial charge in [-0.25, -0.2) is 9.59 Å². The van der Waals surface area contributed by atoms with E-state index in [0.717, 1.165) is 6.42 Å². The second-order valence-electron chi connectivity index (χ2n) is 2.93. The third-order valence-electron chi connectivity index (χ3n) is 2.20. The zero-order chi connectivity index (χ0) is 9.84. The summed E-state index contributed by atoms with van der Waals surface area (Å²) in [6, 6.07) is -0.613. The normalized spacial score (nSPS) is 21.4. The molecule has 0 aliphatic carbocycles. The van der Waals surface area contributed by atoms with E-state index in [-0.39, 0.29) is 12.0 Å². The van der Waals surface area contributed by atoms with Crippen LogP contribution in [0.3, 0.4) is 0 Å². The molecule has 0 bridgehead atoms. The Labute approximate surface area is 77.0 Å². The molecule has 1 aliphatic heterocycles. The van der Waals surface area contributed by atoms with E-state index >= 15 is 0 Å². The van der Waals surface area contributed by atoms with Gasteiger partial charge in [0.15, 0.2) is 0 Å². The molecule has 1 fully saturated rings. The second kappa shape index (κ2) is 4.11. The molecular formula is C8H14N2O3. The number of urea groups is 1. The van der Waals surface area contributed by atoms with Crippen molar-refractivity contribution in [3.05, 3.63) is 0 Å². The number of ether oxygens (including phenoxy) is 1. The summed E-state index contributed by atoms with van der Waals surface area (Å²) in [5.74, 6) is -0.332. The number of hydrogen-bond acceptors (Lipinski definition) is 3. The van der Waals surface area contributed by atoms with Gasteiger partial charge < -0.3 is 15.0 Å². The first kappa shape index (κ1) is 9.83. The van der Waals surface area contributed by atoms with Gasteiger partial charge in [-0.15, -0.1) is 0 Å². The zero-order valence-corrected chi connectivity index (χ0v) is 7.87. The lowest BCUT2D eigenvalue weighted by Crippen LogP contribution is -2.45. The fourth-order valence-electron chi connectivity index (χ4n) is 1.53. The minimum atomic E-state index is -0.398. The Morgan fingerprint density at radius 1 is 1.54 bits per heavy atom. The van der Waals surface area contributed by atoms with Gasteiger partial charge in [0.05, 0.1) is 7.11 Å². The van der Waals surface area contributed by atoms with Crippen molar-refractivity contribution < 1.29 is 14.3 Å². The lowest BCUT2D eigenvalue weighted by molar-refractivity contribution is -0.144. The van der Waals surface area contributed by atoms with Crippen LogP contribution in [0.25, 0.3) is 0 Å². The van der Waals surface area contributed by atoms with Crippen LogP contribution >= 0.6 is 0 Å². The molecule has 1 saturated heterocycles. The van der Waals surface area contributed by atoms with Gasteiger partial charge in [-0.3, -0.25) is 0 Å². The minimum Gasteiger partial charge on any atom is -0.467 e. The maximum atomic E-state index is 11.3. The van der Waals surface area contributed by atoms with Gasteiger partial charge in [-0.1, -0.05) is 0 Å². The van der Waals surface area contributed by atoms with Gasteiger partial charge in [0.2, 0.25) is 0 Å². The molecule has 1 aliphatic rings. The molecule has 1 rings (SSSR count). The molecule has 0 spiro atoms. The average Bonchev–Trinajstić information content (AvgIpc) is 2.63. The Hall–Kier alpha value is -1.26. The van der Waals surface area contributed by atoms with Crippen LogP contribution in [-0.4, -0.2) is 43.6 Å². The third kappa shape index (κ3) is 1.91. The average molecular weight is 186 g/mol. The summed E-state index contributed by atoms with van der Waals surface area (Å²) in [6.45, 7) is 0.624. The maximum absolute atomic E-state index is 11.3. The Balaban J connectivity index is 2.63. The van der Waals surface area contributed by atoms with Crippen LogP contribution in [0, 0.1) is 0 Å². The van der Waals surface area contributed by atoms with E-state index in [0.29, 0.717) is 13.0 Å². The Kier molecular flexibility index (Phi) is 3.11. The summed E-state index contributed by atoms with van der Waals surface area (Å²) in [6.07, 6.45) is 1.55. The third-order valence-corrected chi connectivity index (χ3v) is 2.20. The van der Waals surface area contributed by atoms with Gasteiger partial charge >= 0.3 is 12.0 Å². The Morgan fingerprint density at radius 3 is 2.77 bits per heavy atom. The molecule has 0 saturated carbocycles. The first-order chi connectivity index (χ1) is 6.20. The van der Waals surface area contributed by atoms with E-state index in [1.807, 2.05) is 0 Å². The van der Waals surface area contributed by atoms with Crippen LogP contribution in [0.15, 0.2) is 0 Å². The van der Waals surface area contributed by atoms with Crippen molar-refractivity contribution in [2.24, 2.45) is 0 Å². The van der Waals surface area contributed by atoms with Gasteiger partial charge in [0.25, 0.3) is 0 Å². The van der Waals surface area contributed by atoms with E-state index in [1.54, 1.807) is 7.05 Å². The number of nitrogens with zero attached hydrogens (tertiary/aromatic N) is 1. The number of methoxy groups -OCH3 is 1. The summed E-state index contributed by atoms with van der Waals surface area (Å²) in [7, 11) is 2.89. The van der Waals surface area contributed by atoms with Gasteiger partial charge in [-0.05, 0) is 12.8 Å². The number of nitrogens with one attached hydrogen (secondary N) is 1. The molecule has 5 heteroatoms. The molecule has 2 amide bonds. The smallest absolute Gasteiger partial charge is 0.328 e. The lowest BCUT2D eigenvalue weighted by atomic mass is 10.2. The molecule has 13 heavy (non-hydrogen) atoms. The second-order valence-corrected chi connectivity index (χ2v) is 2.93. The quantitative estimate of drug-likeness (QED) is 0.585. The van der Waals surface area contributed by atoms with Crippen molar-refractivity contribution in [2.45, 2.75) is 18.9 Å². The standard InChI is InChI=1S/C8H14N2O3/c1-9-8(12)10-5-3-4-6(10)7(11)13-2/h6H,3-5H2,1-2H3,(H,9,12). The van der Waals surface area contributed by atoms with E-state index in [1.165, 1.54) is 12.0 Å². The van der Waals surface area contributed by atoms with Crippen molar-refractivity contribution in [3.63, 3.8) is 0 Å². The van der Waals surface area contributed by atoms with Crippen molar-refractivity contribution >= 4 is 12.0 Å². The van der Waals surface area contributed by atoms with E-state index < -0.39 is 6.04 Å². The molecule has 0 radical (unpaired) electrons. The fraction of sp³-hybridized carbons (Fsp3) is 0.750. The fourth-order valence-corrected chi connectivity index (χ4v) is 1.53. The Bertz CT molecular complexity index is 195. The highest BCUT2D eigenvalue weighted by Crippen LogP contribution is 2.17. The van der Waals surface area contributed by atoms with Crippen LogP contribution in [0.4, 0.5) is 4.79 Å². The lowest BCUT2D eigenvalue weighted by Gasteiger charge is -2.21. The highest BCUT2D eigenvalue weighted by atomic mass is 16.5. The number of carbonyl (C=O) groups is 2. The van der Waals surface area contributed by atoms with Crippen molar-refractivity contribution in [2.75, 3.05) is 20.7 Å². The number of hydrogen-bond donors (Lipinski definition) is 1. The van der Waals surface area contributed by atoms with Crippen molar-refractivity contribution in [1.29, 1.82) is 0 Å². The number of amides is 2. The summed E-state index contributed by atoms with van der Waals surface area (Å²) in [5.41, 5.74) is 0. The van der Waals surface area contributed by atoms with Gasteiger partial charge in [0, 0.05) is 13.6 Å². The topological polar surface area (TPSA) is 58.6 Å². The first-order valence-electron chi connectivity index (χ1n) is 4.27. The molecule has 1 N–H and O–H groups in total. The summed E-state index contributed by atoms with van der Waals surface area (Å²) in [5, 5.41) is 2.50. The molecule has 74 valence electrons. The number of rotatable bonds is 1. The highest BCUT2D eigenvalue weighted by molar-refractivity contribution is 5.84. The number of esters is 1. The predicted molar refractivity (Wildman–Crippen MR) is 46.2 cm³/mol. The maximum Gasteiger partial charge on any atom is 0.328 e. The van der Waals surface area contributed by atoms with Gasteiger partial charge in [-0.2, -0.15) is 0 Å². The number of carbonyl (C=O) groups excluding carboxylic acids is 2. The van der Waals surface area contributed by atoms with Crippen LogP contribution in [0.5, 0.6) is 0 Å². The predicted octanol–water partition coefficient (Wildman–Crippen LogP) is -0.0368. The minimum absolute atomic E-state index is 0.215. The SMILES string of the molecule is CNC(=O)N1CCCC1C(=O)OC. The van der Waals surface area contributed by atoms with E-state index in [4.69, 9.17) is 0 Å². The highest BCUT2D eigenvalue weighted by Gasteiger charge is 2.34. The van der Waals surface area contributed by atoms with Crippen LogP contribution in [0.1, 0.15) is 12.8 Å². The molecule has 0 aromatic rings. The Morgan fingerprint density at radius 2 is 2.23 bits per heavy atom. The van der Waals surface area contributed by atoms with E-state index in [2.05, 4.69) is 10.1 Å². The molecular weight excluding hydrogens is 172 g/mol. The first-order valence-corrected chi connectivity index (χ1v) is 4.27. The monoisotopic (exact) mass is 186 g/mol. The molecule has 1 unspecified atom stereocenters. The van der Waals surface area contributed by atoms with Gasteiger partial charge in [0.1, 0.15) is 6.04 Å². The van der Waals surface area contributed by atoms with Crippen LogP contribution < -0.4 is 5.32 Å². The summed E-state index contributed by atoms with van der Waals surface area (Å²) in [4.78, 5) is 24.0. The largest absolute Gasteiger partial charge is 0.467 e. The summed E-state index contributed by atoms with van der Waals surface area (Å²) >= 11 is 0. The van der Waals surface area contributed by atoms with E-state index in [9.17, 15) is 9.59 Å². The molecule has 1 heterocycles. The molecule has 5 nitrogen and oxygen atoms in total. The summed E-state index contributed by atoms with van der Waals surface area (Å²) < 4.78 is 4.60. The number of likely N-dealkylation sites (tertiary alicyclic amines) is 1. The van der Waals surface area contributed by atoms with Crippen LogP contribution in [-0.2, 0) is 9.53 Å². The van der Waals surface area contributed by atoms with Crippen molar-refractivity contribution in [3.8, 4) is 0 Å². The molecule has 0 aromatic heterocycles. The molecule has 1 atom stereocenters. The molecule has 0 aromatic carbocycles. The van der Waals surface area contributed by atoms with Crippen LogP contribution in [0.2, 0.25) is 0 Å².